The molecule has 2 N–H and O–H groups in total. The number of aryl methyl sites for hydroxylation is 1. The molecule has 0 saturated carbocycles. The van der Waals surface area contributed by atoms with Crippen LogP contribution in [0.3, 0.4) is 0 Å². The standard InChI is InChI=1S/C20H18F2N2/c1-13-11-19(23-17-7-3-15(21)4-8-17)14(2)20(12-13)24-18-9-5-16(22)6-10-18/h3-12,23-24H,1-2H3. The maximum atomic E-state index is 13.0. The first-order chi connectivity index (χ1) is 11.5. The summed E-state index contributed by atoms with van der Waals surface area (Å²) in [5.41, 5.74) is 5.61. The van der Waals surface area contributed by atoms with Gasteiger partial charge in [-0.25, -0.2) is 8.78 Å². The van der Waals surface area contributed by atoms with E-state index in [4.69, 9.17) is 0 Å². The number of benzene rings is 3. The Labute approximate surface area is 140 Å². The molecule has 0 saturated heterocycles. The highest BCUT2D eigenvalue weighted by atomic mass is 19.1. The first-order valence-electron chi connectivity index (χ1n) is 7.68. The molecular weight excluding hydrogens is 306 g/mol. The average molecular weight is 324 g/mol. The van der Waals surface area contributed by atoms with Gasteiger partial charge in [-0.15, -0.1) is 0 Å². The van der Waals surface area contributed by atoms with Gasteiger partial charge in [0.2, 0.25) is 0 Å². The van der Waals surface area contributed by atoms with Gasteiger partial charge in [0.1, 0.15) is 11.6 Å². The van der Waals surface area contributed by atoms with Gasteiger partial charge < -0.3 is 10.6 Å². The maximum Gasteiger partial charge on any atom is 0.123 e. The lowest BCUT2D eigenvalue weighted by atomic mass is 10.1. The zero-order valence-corrected chi connectivity index (χ0v) is 13.5. The first kappa shape index (κ1) is 16.0. The summed E-state index contributed by atoms with van der Waals surface area (Å²) in [7, 11) is 0. The zero-order valence-electron chi connectivity index (χ0n) is 13.5. The van der Waals surface area contributed by atoms with Gasteiger partial charge in [-0.3, -0.25) is 0 Å². The third-order valence-corrected chi connectivity index (χ3v) is 3.80. The number of nitrogens with one attached hydrogen (secondary N) is 2. The van der Waals surface area contributed by atoms with E-state index in [2.05, 4.69) is 10.6 Å². The van der Waals surface area contributed by atoms with Crippen LogP contribution in [0.4, 0.5) is 31.5 Å². The summed E-state index contributed by atoms with van der Waals surface area (Å²) in [6.07, 6.45) is 0. The molecular formula is C20H18F2N2. The van der Waals surface area contributed by atoms with Gasteiger partial charge in [0.25, 0.3) is 0 Å². The molecule has 0 heterocycles. The Balaban J connectivity index is 1.89. The lowest BCUT2D eigenvalue weighted by molar-refractivity contribution is 0.627. The summed E-state index contributed by atoms with van der Waals surface area (Å²) in [5, 5.41) is 6.62. The first-order valence-corrected chi connectivity index (χ1v) is 7.68. The summed E-state index contributed by atoms with van der Waals surface area (Å²) in [5.74, 6) is -0.527. The van der Waals surface area contributed by atoms with E-state index in [0.717, 1.165) is 33.9 Å². The van der Waals surface area contributed by atoms with E-state index in [1.54, 1.807) is 24.3 Å². The summed E-state index contributed by atoms with van der Waals surface area (Å²) in [4.78, 5) is 0. The van der Waals surface area contributed by atoms with E-state index in [1.165, 1.54) is 24.3 Å². The minimum absolute atomic E-state index is 0.264. The van der Waals surface area contributed by atoms with Crippen LogP contribution in [0, 0.1) is 25.5 Å². The number of rotatable bonds is 4. The fourth-order valence-corrected chi connectivity index (χ4v) is 2.50. The third kappa shape index (κ3) is 3.71. The molecule has 24 heavy (non-hydrogen) atoms. The van der Waals surface area contributed by atoms with Crippen LogP contribution in [-0.4, -0.2) is 0 Å². The molecule has 3 aromatic carbocycles. The topological polar surface area (TPSA) is 24.1 Å². The summed E-state index contributed by atoms with van der Waals surface area (Å²) >= 11 is 0. The summed E-state index contributed by atoms with van der Waals surface area (Å²) in [6, 6.07) is 16.6. The summed E-state index contributed by atoms with van der Waals surface area (Å²) in [6.45, 7) is 4.00. The minimum atomic E-state index is -0.264. The Morgan fingerprint density at radius 3 is 1.38 bits per heavy atom. The molecule has 3 rings (SSSR count). The fraction of sp³-hybridized carbons (Fsp3) is 0.100. The molecule has 2 nitrogen and oxygen atoms in total. The predicted octanol–water partition coefficient (Wildman–Crippen LogP) is 6.07. The second-order valence-corrected chi connectivity index (χ2v) is 5.75. The normalized spacial score (nSPS) is 10.5. The van der Waals surface area contributed by atoms with E-state index in [-0.39, 0.29) is 11.6 Å². The van der Waals surface area contributed by atoms with Crippen LogP contribution in [0.2, 0.25) is 0 Å². The highest BCUT2D eigenvalue weighted by molar-refractivity contribution is 5.74. The van der Waals surface area contributed by atoms with Crippen LogP contribution in [0.1, 0.15) is 11.1 Å². The van der Waals surface area contributed by atoms with Crippen molar-refractivity contribution in [1.29, 1.82) is 0 Å². The second kappa shape index (κ2) is 6.71. The monoisotopic (exact) mass is 324 g/mol. The van der Waals surface area contributed by atoms with Gasteiger partial charge in [0.05, 0.1) is 0 Å². The predicted molar refractivity (Wildman–Crippen MR) is 95.3 cm³/mol. The minimum Gasteiger partial charge on any atom is -0.355 e. The largest absolute Gasteiger partial charge is 0.355 e. The highest BCUT2D eigenvalue weighted by Crippen LogP contribution is 2.30. The van der Waals surface area contributed by atoms with Crippen LogP contribution < -0.4 is 10.6 Å². The van der Waals surface area contributed by atoms with Crippen molar-refractivity contribution in [2.45, 2.75) is 13.8 Å². The van der Waals surface area contributed by atoms with Crippen molar-refractivity contribution in [2.75, 3.05) is 10.6 Å². The Kier molecular flexibility index (Phi) is 4.47. The highest BCUT2D eigenvalue weighted by Gasteiger charge is 2.07. The zero-order chi connectivity index (χ0) is 17.1. The van der Waals surface area contributed by atoms with Gasteiger partial charge in [0.15, 0.2) is 0 Å². The SMILES string of the molecule is Cc1cc(Nc2ccc(F)cc2)c(C)c(Nc2ccc(F)cc2)c1. The number of anilines is 4. The molecule has 0 amide bonds. The molecule has 3 aromatic rings. The molecule has 0 aliphatic rings. The molecule has 0 spiro atoms. The number of hydrogen-bond acceptors (Lipinski definition) is 2. The Morgan fingerprint density at radius 2 is 1.00 bits per heavy atom. The van der Waals surface area contributed by atoms with Gasteiger partial charge in [0, 0.05) is 22.7 Å². The van der Waals surface area contributed by atoms with E-state index < -0.39 is 0 Å². The van der Waals surface area contributed by atoms with Crippen molar-refractivity contribution in [3.8, 4) is 0 Å². The van der Waals surface area contributed by atoms with Crippen molar-refractivity contribution in [2.24, 2.45) is 0 Å². The van der Waals surface area contributed by atoms with E-state index in [0.29, 0.717) is 0 Å². The smallest absolute Gasteiger partial charge is 0.123 e. The van der Waals surface area contributed by atoms with E-state index in [9.17, 15) is 8.78 Å². The van der Waals surface area contributed by atoms with Gasteiger partial charge in [-0.1, -0.05) is 0 Å². The van der Waals surface area contributed by atoms with Gasteiger partial charge >= 0.3 is 0 Å². The number of halogens is 2. The Hall–Kier alpha value is -2.88. The Morgan fingerprint density at radius 1 is 0.625 bits per heavy atom. The molecule has 0 unspecified atom stereocenters. The van der Waals surface area contributed by atoms with Crippen LogP contribution in [0.25, 0.3) is 0 Å². The third-order valence-electron chi connectivity index (χ3n) is 3.80. The molecule has 0 atom stereocenters. The van der Waals surface area contributed by atoms with Crippen LogP contribution in [0.15, 0.2) is 60.7 Å². The van der Waals surface area contributed by atoms with Crippen LogP contribution in [0.5, 0.6) is 0 Å². The number of hydrogen-bond donors (Lipinski definition) is 2. The van der Waals surface area contributed by atoms with E-state index in [1.807, 2.05) is 26.0 Å². The van der Waals surface area contributed by atoms with Crippen LogP contribution in [-0.2, 0) is 0 Å². The molecule has 0 bridgehead atoms. The molecule has 122 valence electrons. The molecule has 0 aliphatic carbocycles. The van der Waals surface area contributed by atoms with E-state index >= 15 is 0 Å². The lowest BCUT2D eigenvalue weighted by Crippen LogP contribution is -1.99. The maximum absolute atomic E-state index is 13.0. The van der Waals surface area contributed by atoms with Crippen molar-refractivity contribution < 1.29 is 8.78 Å². The van der Waals surface area contributed by atoms with Gasteiger partial charge in [-0.2, -0.15) is 0 Å². The Bertz CT molecular complexity index is 772. The molecule has 4 heteroatoms. The van der Waals surface area contributed by atoms with Crippen molar-refractivity contribution in [1.82, 2.24) is 0 Å². The molecule has 0 fully saturated rings. The second-order valence-electron chi connectivity index (χ2n) is 5.75. The molecule has 0 aliphatic heterocycles. The fourth-order valence-electron chi connectivity index (χ4n) is 2.50. The van der Waals surface area contributed by atoms with Crippen LogP contribution >= 0.6 is 0 Å². The summed E-state index contributed by atoms with van der Waals surface area (Å²) < 4.78 is 26.1. The quantitative estimate of drug-likeness (QED) is 0.608. The van der Waals surface area contributed by atoms with Crippen molar-refractivity contribution >= 4 is 22.7 Å². The van der Waals surface area contributed by atoms with Crippen molar-refractivity contribution in [3.63, 3.8) is 0 Å². The molecule has 0 aromatic heterocycles. The van der Waals surface area contributed by atoms with Gasteiger partial charge in [-0.05, 0) is 85.6 Å². The lowest BCUT2D eigenvalue weighted by Gasteiger charge is -2.16. The van der Waals surface area contributed by atoms with Crippen molar-refractivity contribution in [3.05, 3.63) is 83.4 Å². The average Bonchev–Trinajstić information content (AvgIpc) is 2.56. The molecule has 0 radical (unpaired) electrons.